The summed E-state index contributed by atoms with van der Waals surface area (Å²) in [5, 5.41) is 0. The van der Waals surface area contributed by atoms with E-state index in [-0.39, 0.29) is 4.90 Å². The SMILES string of the molecule is C=CN1CC[N+](C)=C1C.Cc1ccc(S(=O)(=O)[O-])cc1. The van der Waals surface area contributed by atoms with Gasteiger partial charge in [-0.3, -0.25) is 4.58 Å². The summed E-state index contributed by atoms with van der Waals surface area (Å²) in [7, 11) is -2.17. The van der Waals surface area contributed by atoms with Crippen LogP contribution in [0.25, 0.3) is 0 Å². The van der Waals surface area contributed by atoms with Gasteiger partial charge in [-0.2, -0.15) is 0 Å². The molecule has 0 fully saturated rings. The zero-order valence-corrected chi connectivity index (χ0v) is 12.9. The Balaban J connectivity index is 0.000000204. The molecule has 0 radical (unpaired) electrons. The monoisotopic (exact) mass is 296 g/mol. The smallest absolute Gasteiger partial charge is 0.248 e. The molecule has 1 aliphatic heterocycles. The third-order valence-electron chi connectivity index (χ3n) is 3.17. The summed E-state index contributed by atoms with van der Waals surface area (Å²) < 4.78 is 33.4. The Morgan fingerprint density at radius 2 is 1.85 bits per heavy atom. The van der Waals surface area contributed by atoms with Crippen LogP contribution in [0, 0.1) is 6.92 Å². The Hall–Kier alpha value is -1.66. The van der Waals surface area contributed by atoms with Crippen molar-refractivity contribution < 1.29 is 17.5 Å². The predicted octanol–water partition coefficient (Wildman–Crippen LogP) is 1.41. The minimum Gasteiger partial charge on any atom is -0.744 e. The average molecular weight is 296 g/mol. The van der Waals surface area contributed by atoms with Crippen molar-refractivity contribution in [1.82, 2.24) is 4.90 Å². The zero-order chi connectivity index (χ0) is 15.3. The maximum atomic E-state index is 10.4. The number of rotatable bonds is 2. The van der Waals surface area contributed by atoms with Gasteiger partial charge in [-0.25, -0.2) is 13.3 Å². The number of hydrogen-bond acceptors (Lipinski definition) is 4. The van der Waals surface area contributed by atoms with E-state index in [0.717, 1.165) is 18.7 Å². The molecule has 0 atom stereocenters. The summed E-state index contributed by atoms with van der Waals surface area (Å²) in [6, 6.07) is 5.78. The lowest BCUT2D eigenvalue weighted by atomic mass is 10.2. The maximum Gasteiger partial charge on any atom is 0.248 e. The Labute approximate surface area is 120 Å². The van der Waals surface area contributed by atoms with Crippen LogP contribution in [-0.4, -0.2) is 48.4 Å². The fourth-order valence-corrected chi connectivity index (χ4v) is 2.20. The fourth-order valence-electron chi connectivity index (χ4n) is 1.73. The highest BCUT2D eigenvalue weighted by Crippen LogP contribution is 2.08. The first-order valence-corrected chi connectivity index (χ1v) is 7.63. The molecule has 20 heavy (non-hydrogen) atoms. The molecule has 0 saturated carbocycles. The second-order valence-corrected chi connectivity index (χ2v) is 5.99. The molecule has 1 aromatic rings. The molecule has 0 aromatic heterocycles. The highest BCUT2D eigenvalue weighted by molar-refractivity contribution is 7.85. The van der Waals surface area contributed by atoms with Gasteiger partial charge in [-0.15, -0.1) is 0 Å². The highest BCUT2D eigenvalue weighted by atomic mass is 32.2. The summed E-state index contributed by atoms with van der Waals surface area (Å²) in [5.74, 6) is 1.30. The van der Waals surface area contributed by atoms with Crippen molar-refractivity contribution in [2.45, 2.75) is 18.7 Å². The second-order valence-electron chi connectivity index (χ2n) is 4.61. The minimum absolute atomic E-state index is 0.178. The number of amidine groups is 1. The first-order chi connectivity index (χ1) is 9.25. The molecule has 1 aliphatic rings. The number of aryl methyl sites for hydroxylation is 1. The normalized spacial score (nSPS) is 14.9. The number of hydrogen-bond donors (Lipinski definition) is 0. The first kappa shape index (κ1) is 16.4. The van der Waals surface area contributed by atoms with Crippen LogP contribution in [0.1, 0.15) is 12.5 Å². The standard InChI is InChI=1S/C7H13N2.C7H8O3S/c1-4-9-6-5-8(3)7(9)2;1-6-2-4-7(5-3-6)11(8,9)10/h4H,1,5-6H2,2-3H3;2-5H,1H3,(H,8,9,10)/q+1;/p-1. The largest absolute Gasteiger partial charge is 0.744 e. The van der Waals surface area contributed by atoms with Crippen molar-refractivity contribution in [2.75, 3.05) is 20.1 Å². The molecule has 0 unspecified atom stereocenters. The van der Waals surface area contributed by atoms with Gasteiger partial charge in [0.25, 0.3) is 0 Å². The molecule has 5 nitrogen and oxygen atoms in total. The van der Waals surface area contributed by atoms with Crippen molar-refractivity contribution in [3.8, 4) is 0 Å². The molecule has 110 valence electrons. The van der Waals surface area contributed by atoms with Crippen LogP contribution in [-0.2, 0) is 10.1 Å². The minimum atomic E-state index is -4.27. The lowest BCUT2D eigenvalue weighted by Crippen LogP contribution is -2.19. The molecule has 0 saturated heterocycles. The van der Waals surface area contributed by atoms with Crippen LogP contribution < -0.4 is 0 Å². The van der Waals surface area contributed by atoms with Crippen LogP contribution in [0.2, 0.25) is 0 Å². The Kier molecular flexibility index (Phi) is 5.47. The van der Waals surface area contributed by atoms with Crippen molar-refractivity contribution in [1.29, 1.82) is 0 Å². The molecule has 0 aliphatic carbocycles. The van der Waals surface area contributed by atoms with Gasteiger partial charge in [0.15, 0.2) is 0 Å². The summed E-state index contributed by atoms with van der Waals surface area (Å²) >= 11 is 0. The van der Waals surface area contributed by atoms with E-state index < -0.39 is 10.1 Å². The van der Waals surface area contributed by atoms with Crippen LogP contribution in [0.15, 0.2) is 41.9 Å². The summed E-state index contributed by atoms with van der Waals surface area (Å²) in [6.45, 7) is 9.84. The van der Waals surface area contributed by atoms with Crippen LogP contribution in [0.4, 0.5) is 0 Å². The van der Waals surface area contributed by atoms with Crippen LogP contribution in [0.5, 0.6) is 0 Å². The van der Waals surface area contributed by atoms with E-state index in [1.54, 1.807) is 12.1 Å². The molecule has 0 spiro atoms. The molecule has 2 rings (SSSR count). The fraction of sp³-hybridized carbons (Fsp3) is 0.357. The third-order valence-corrected chi connectivity index (χ3v) is 4.02. The Morgan fingerprint density at radius 3 is 2.15 bits per heavy atom. The van der Waals surface area contributed by atoms with E-state index in [0.29, 0.717) is 0 Å². The van der Waals surface area contributed by atoms with Gasteiger partial charge >= 0.3 is 0 Å². The van der Waals surface area contributed by atoms with Crippen molar-refractivity contribution in [3.63, 3.8) is 0 Å². The molecule has 0 bridgehead atoms. The lowest BCUT2D eigenvalue weighted by Gasteiger charge is -2.05. The summed E-state index contributed by atoms with van der Waals surface area (Å²) in [4.78, 5) is 1.98. The number of benzene rings is 1. The molecular weight excluding hydrogens is 276 g/mol. The molecule has 1 aromatic carbocycles. The van der Waals surface area contributed by atoms with Gasteiger partial charge in [0.05, 0.1) is 18.1 Å². The molecule has 0 amide bonds. The summed E-state index contributed by atoms with van der Waals surface area (Å²) in [5.41, 5.74) is 0.928. The Bertz CT molecular complexity index is 604. The quantitative estimate of drug-likeness (QED) is 0.611. The van der Waals surface area contributed by atoms with E-state index in [9.17, 15) is 13.0 Å². The second kappa shape index (κ2) is 6.67. The molecule has 6 heteroatoms. The molecular formula is C14H20N2O3S. The van der Waals surface area contributed by atoms with Crippen molar-refractivity contribution in [2.24, 2.45) is 0 Å². The van der Waals surface area contributed by atoms with Gasteiger partial charge in [-0.1, -0.05) is 24.3 Å². The van der Waals surface area contributed by atoms with Gasteiger partial charge in [-0.05, 0) is 19.1 Å². The first-order valence-electron chi connectivity index (χ1n) is 6.22. The maximum absolute atomic E-state index is 10.4. The molecule has 1 heterocycles. The van der Waals surface area contributed by atoms with Gasteiger partial charge < -0.3 is 4.55 Å². The van der Waals surface area contributed by atoms with E-state index in [2.05, 4.69) is 30.0 Å². The topological polar surface area (TPSA) is 63.5 Å². The number of likely N-dealkylation sites (N-methyl/N-ethyl adjacent to an activating group) is 1. The number of nitrogens with zero attached hydrogens (tertiary/aromatic N) is 2. The van der Waals surface area contributed by atoms with Crippen molar-refractivity contribution >= 4 is 16.0 Å². The van der Waals surface area contributed by atoms with Crippen LogP contribution in [0.3, 0.4) is 0 Å². The lowest BCUT2D eigenvalue weighted by molar-refractivity contribution is -0.487. The van der Waals surface area contributed by atoms with Crippen molar-refractivity contribution in [3.05, 3.63) is 42.6 Å². The van der Waals surface area contributed by atoms with E-state index in [1.165, 1.54) is 18.0 Å². The summed E-state index contributed by atoms with van der Waals surface area (Å²) in [6.07, 6.45) is 1.87. The zero-order valence-electron chi connectivity index (χ0n) is 12.0. The third kappa shape index (κ3) is 4.47. The van der Waals surface area contributed by atoms with Gasteiger partial charge in [0, 0.05) is 6.92 Å². The average Bonchev–Trinajstić information content (AvgIpc) is 2.70. The Morgan fingerprint density at radius 1 is 1.30 bits per heavy atom. The molecule has 0 N–H and O–H groups in total. The van der Waals surface area contributed by atoms with Gasteiger partial charge in [0.2, 0.25) is 5.84 Å². The van der Waals surface area contributed by atoms with Gasteiger partial charge in [0.1, 0.15) is 23.2 Å². The van der Waals surface area contributed by atoms with E-state index in [1.807, 2.05) is 13.1 Å². The highest BCUT2D eigenvalue weighted by Gasteiger charge is 2.20. The van der Waals surface area contributed by atoms with Crippen LogP contribution >= 0.6 is 0 Å². The van der Waals surface area contributed by atoms with E-state index >= 15 is 0 Å². The van der Waals surface area contributed by atoms with E-state index in [4.69, 9.17) is 0 Å². The predicted molar refractivity (Wildman–Crippen MR) is 77.8 cm³/mol.